The van der Waals surface area contributed by atoms with Crippen LogP contribution in [0.1, 0.15) is 65.7 Å². The van der Waals surface area contributed by atoms with Crippen molar-refractivity contribution in [2.24, 2.45) is 11.8 Å². The Labute approximate surface area is 105 Å². The predicted molar refractivity (Wildman–Crippen MR) is 70.0 cm³/mol. The molecule has 0 aromatic carbocycles. The molecule has 17 heavy (non-hydrogen) atoms. The summed E-state index contributed by atoms with van der Waals surface area (Å²) < 4.78 is 0. The molecule has 0 saturated carbocycles. The molecule has 3 heteroatoms. The molecule has 0 amide bonds. The first-order valence-corrected chi connectivity index (χ1v) is 6.87. The normalized spacial score (nSPS) is 16.5. The molecule has 3 nitrogen and oxygen atoms in total. The van der Waals surface area contributed by atoms with Crippen LogP contribution < -0.4 is 0 Å². The van der Waals surface area contributed by atoms with Crippen LogP contribution in [-0.2, 0) is 4.79 Å². The Hall–Kier alpha value is -0.570. The van der Waals surface area contributed by atoms with Gasteiger partial charge in [0.05, 0.1) is 12.5 Å². The Morgan fingerprint density at radius 2 is 1.82 bits per heavy atom. The van der Waals surface area contributed by atoms with E-state index in [1.807, 2.05) is 6.92 Å². The van der Waals surface area contributed by atoms with Gasteiger partial charge in [-0.25, -0.2) is 0 Å². The topological polar surface area (TPSA) is 57.5 Å². The number of aliphatic hydroxyl groups excluding tert-OH is 1. The van der Waals surface area contributed by atoms with E-state index in [0.29, 0.717) is 5.92 Å². The van der Waals surface area contributed by atoms with Crippen molar-refractivity contribution in [3.05, 3.63) is 0 Å². The highest BCUT2D eigenvalue weighted by molar-refractivity contribution is 5.67. The highest BCUT2D eigenvalue weighted by Crippen LogP contribution is 2.22. The maximum absolute atomic E-state index is 10.5. The highest BCUT2D eigenvalue weighted by Gasteiger charge is 2.19. The first kappa shape index (κ1) is 16.4. The highest BCUT2D eigenvalue weighted by atomic mass is 16.4. The number of aliphatic carboxylic acids is 1. The third kappa shape index (κ3) is 9.16. The molecule has 0 rings (SSSR count). The zero-order valence-electron chi connectivity index (χ0n) is 11.5. The number of hydrogen-bond acceptors (Lipinski definition) is 2. The van der Waals surface area contributed by atoms with Crippen LogP contribution in [0.2, 0.25) is 0 Å². The van der Waals surface area contributed by atoms with Crippen LogP contribution in [0.3, 0.4) is 0 Å². The Morgan fingerprint density at radius 1 is 1.18 bits per heavy atom. The molecular weight excluding hydrogens is 216 g/mol. The summed E-state index contributed by atoms with van der Waals surface area (Å²) in [7, 11) is 0. The molecule has 0 fully saturated rings. The fourth-order valence-electron chi connectivity index (χ4n) is 2.21. The van der Waals surface area contributed by atoms with Crippen molar-refractivity contribution in [3.8, 4) is 0 Å². The maximum Gasteiger partial charge on any atom is 0.305 e. The molecule has 2 N–H and O–H groups in total. The van der Waals surface area contributed by atoms with Crippen molar-refractivity contribution in [2.75, 3.05) is 0 Å². The lowest BCUT2D eigenvalue weighted by Gasteiger charge is -2.21. The van der Waals surface area contributed by atoms with E-state index in [2.05, 4.69) is 13.8 Å². The number of hydrogen-bond donors (Lipinski definition) is 2. The van der Waals surface area contributed by atoms with Crippen molar-refractivity contribution in [1.29, 1.82) is 0 Å². The summed E-state index contributed by atoms with van der Waals surface area (Å²) in [4.78, 5) is 10.5. The van der Waals surface area contributed by atoms with Gasteiger partial charge in [0, 0.05) is 0 Å². The molecule has 0 aliphatic carbocycles. The van der Waals surface area contributed by atoms with Crippen molar-refractivity contribution in [2.45, 2.75) is 71.8 Å². The summed E-state index contributed by atoms with van der Waals surface area (Å²) in [6.07, 6.45) is 6.34. The third-order valence-electron chi connectivity index (χ3n) is 3.37. The molecule has 0 aromatic heterocycles. The molecule has 0 bridgehead atoms. The number of aliphatic hydroxyl groups is 1. The van der Waals surface area contributed by atoms with Crippen LogP contribution in [-0.4, -0.2) is 22.3 Å². The smallest absolute Gasteiger partial charge is 0.305 e. The number of rotatable bonds is 10. The largest absolute Gasteiger partial charge is 0.481 e. The van der Waals surface area contributed by atoms with E-state index in [9.17, 15) is 9.90 Å². The van der Waals surface area contributed by atoms with Gasteiger partial charge in [0.15, 0.2) is 0 Å². The van der Waals surface area contributed by atoms with E-state index in [1.165, 1.54) is 32.1 Å². The van der Waals surface area contributed by atoms with Gasteiger partial charge in [-0.2, -0.15) is 0 Å². The van der Waals surface area contributed by atoms with E-state index in [0.717, 1.165) is 6.42 Å². The zero-order valence-corrected chi connectivity index (χ0v) is 11.5. The average molecular weight is 244 g/mol. The van der Waals surface area contributed by atoms with E-state index in [-0.39, 0.29) is 12.3 Å². The summed E-state index contributed by atoms with van der Waals surface area (Å²) in [6.45, 7) is 6.33. The minimum absolute atomic E-state index is 0.0762. The summed E-state index contributed by atoms with van der Waals surface area (Å²) >= 11 is 0. The molecular formula is C14H28O3. The molecule has 102 valence electrons. The molecule has 0 aromatic rings. The second kappa shape index (κ2) is 9.46. The molecule has 0 saturated heterocycles. The van der Waals surface area contributed by atoms with Gasteiger partial charge in [0.25, 0.3) is 0 Å². The molecule has 3 atom stereocenters. The first-order chi connectivity index (χ1) is 7.97. The summed E-state index contributed by atoms with van der Waals surface area (Å²) in [6, 6.07) is 0. The van der Waals surface area contributed by atoms with Crippen LogP contribution in [0, 0.1) is 11.8 Å². The van der Waals surface area contributed by atoms with Crippen molar-refractivity contribution in [1.82, 2.24) is 0 Å². The minimum Gasteiger partial charge on any atom is -0.481 e. The van der Waals surface area contributed by atoms with Crippen LogP contribution in [0.15, 0.2) is 0 Å². The fourth-order valence-corrected chi connectivity index (χ4v) is 2.21. The predicted octanol–water partition coefficient (Wildman–Crippen LogP) is 3.45. The SMILES string of the molecule is CCCCCCC(C)CC(C)C(O)CC(=O)O. The quantitative estimate of drug-likeness (QED) is 0.579. The van der Waals surface area contributed by atoms with Gasteiger partial charge in [-0.15, -0.1) is 0 Å². The first-order valence-electron chi connectivity index (χ1n) is 6.87. The van der Waals surface area contributed by atoms with Crippen molar-refractivity contribution < 1.29 is 15.0 Å². The number of carbonyl (C=O) groups is 1. The number of carboxylic acid groups (broad SMARTS) is 1. The van der Waals surface area contributed by atoms with Gasteiger partial charge >= 0.3 is 5.97 Å². The Morgan fingerprint density at radius 3 is 2.35 bits per heavy atom. The van der Waals surface area contributed by atoms with Crippen LogP contribution in [0.5, 0.6) is 0 Å². The van der Waals surface area contributed by atoms with Crippen molar-refractivity contribution in [3.63, 3.8) is 0 Å². The summed E-state index contributed by atoms with van der Waals surface area (Å²) in [5, 5.41) is 18.3. The lowest BCUT2D eigenvalue weighted by Crippen LogP contribution is -2.23. The molecule has 0 radical (unpaired) electrons. The Bertz CT molecular complexity index is 204. The van der Waals surface area contributed by atoms with Gasteiger partial charge in [0.2, 0.25) is 0 Å². The average Bonchev–Trinajstić information content (AvgIpc) is 2.23. The molecule has 0 aliphatic heterocycles. The van der Waals surface area contributed by atoms with Gasteiger partial charge in [-0.05, 0) is 18.3 Å². The van der Waals surface area contributed by atoms with Gasteiger partial charge in [0.1, 0.15) is 0 Å². The maximum atomic E-state index is 10.5. The molecule has 0 heterocycles. The lowest BCUT2D eigenvalue weighted by atomic mass is 9.88. The van der Waals surface area contributed by atoms with Gasteiger partial charge in [-0.1, -0.05) is 52.9 Å². The Kier molecular flexibility index (Phi) is 9.14. The van der Waals surface area contributed by atoms with Crippen LogP contribution in [0.25, 0.3) is 0 Å². The number of unbranched alkanes of at least 4 members (excludes halogenated alkanes) is 3. The standard InChI is InChI=1S/C14H28O3/c1-4-5-6-7-8-11(2)9-12(3)13(15)10-14(16)17/h11-13,15H,4-10H2,1-3H3,(H,16,17). The monoisotopic (exact) mass is 244 g/mol. The summed E-state index contributed by atoms with van der Waals surface area (Å²) in [5.41, 5.74) is 0. The van der Waals surface area contributed by atoms with E-state index in [1.54, 1.807) is 0 Å². The van der Waals surface area contributed by atoms with E-state index in [4.69, 9.17) is 5.11 Å². The minimum atomic E-state index is -0.917. The zero-order chi connectivity index (χ0) is 13.3. The Balaban J connectivity index is 3.70. The van der Waals surface area contributed by atoms with Gasteiger partial charge < -0.3 is 10.2 Å². The number of carboxylic acids is 1. The third-order valence-corrected chi connectivity index (χ3v) is 3.37. The molecule has 0 aliphatic rings. The second-order valence-electron chi connectivity index (χ2n) is 5.33. The van der Waals surface area contributed by atoms with E-state index < -0.39 is 12.1 Å². The van der Waals surface area contributed by atoms with Crippen LogP contribution >= 0.6 is 0 Å². The summed E-state index contributed by atoms with van der Waals surface area (Å²) in [5.74, 6) is -0.266. The van der Waals surface area contributed by atoms with Crippen LogP contribution in [0.4, 0.5) is 0 Å². The molecule has 3 unspecified atom stereocenters. The molecule has 0 spiro atoms. The fraction of sp³-hybridized carbons (Fsp3) is 0.929. The van der Waals surface area contributed by atoms with Crippen molar-refractivity contribution >= 4 is 5.97 Å². The van der Waals surface area contributed by atoms with Gasteiger partial charge in [-0.3, -0.25) is 4.79 Å². The lowest BCUT2D eigenvalue weighted by molar-refractivity contribution is -0.140. The van der Waals surface area contributed by atoms with E-state index >= 15 is 0 Å². The second-order valence-corrected chi connectivity index (χ2v) is 5.33.